The first-order chi connectivity index (χ1) is 24.3. The quantitative estimate of drug-likeness (QED) is 0.178. The predicted molar refractivity (Wildman–Crippen MR) is 210 cm³/mol. The van der Waals surface area contributed by atoms with Crippen molar-refractivity contribution in [2.45, 2.75) is 0 Å². The fourth-order valence-electron chi connectivity index (χ4n) is 7.24. The van der Waals surface area contributed by atoms with Crippen LogP contribution in [-0.4, -0.2) is 0 Å². The van der Waals surface area contributed by atoms with Crippen molar-refractivity contribution in [2.24, 2.45) is 0 Å². The molecule has 0 aromatic heterocycles. The number of benzene rings is 9. The normalized spacial score (nSPS) is 11.3. The molecule has 9 aromatic rings. The molecule has 0 amide bonds. The highest BCUT2D eigenvalue weighted by molar-refractivity contribution is 6.02. The van der Waals surface area contributed by atoms with E-state index in [1.54, 1.807) is 0 Å². The van der Waals surface area contributed by atoms with E-state index < -0.39 is 0 Å². The topological polar surface area (TPSA) is 3.24 Å². The lowest BCUT2D eigenvalue weighted by atomic mass is 9.94. The van der Waals surface area contributed by atoms with Gasteiger partial charge < -0.3 is 4.90 Å². The van der Waals surface area contributed by atoms with E-state index in [0.29, 0.717) is 0 Å². The molecule has 1 nitrogen and oxygen atoms in total. The Morgan fingerprint density at radius 2 is 0.776 bits per heavy atom. The molecule has 0 spiro atoms. The molecule has 0 unspecified atom stereocenters. The summed E-state index contributed by atoms with van der Waals surface area (Å²) >= 11 is 0. The fraction of sp³-hybridized carbons (Fsp3) is 0. The van der Waals surface area contributed by atoms with Crippen LogP contribution >= 0.6 is 0 Å². The van der Waals surface area contributed by atoms with Crippen LogP contribution in [0, 0.1) is 0 Å². The van der Waals surface area contributed by atoms with Crippen molar-refractivity contribution in [2.75, 3.05) is 4.90 Å². The van der Waals surface area contributed by atoms with E-state index in [0.717, 1.165) is 17.1 Å². The van der Waals surface area contributed by atoms with Gasteiger partial charge in [0, 0.05) is 16.8 Å². The van der Waals surface area contributed by atoms with Crippen LogP contribution in [0.5, 0.6) is 0 Å². The van der Waals surface area contributed by atoms with E-state index >= 15 is 0 Å². The molecular weight excluding hydrogens is 591 g/mol. The van der Waals surface area contributed by atoms with Crippen LogP contribution in [0.15, 0.2) is 200 Å². The average Bonchev–Trinajstić information content (AvgIpc) is 3.18. The van der Waals surface area contributed by atoms with Crippen molar-refractivity contribution < 1.29 is 0 Å². The monoisotopic (exact) mass is 623 g/mol. The first-order valence-electron chi connectivity index (χ1n) is 16.8. The highest BCUT2D eigenvalue weighted by Gasteiger charge is 2.17. The highest BCUT2D eigenvalue weighted by atomic mass is 15.1. The summed E-state index contributed by atoms with van der Waals surface area (Å²) in [5, 5.41) is 7.45. The summed E-state index contributed by atoms with van der Waals surface area (Å²) in [4.78, 5) is 2.40. The molecule has 0 heterocycles. The Morgan fingerprint density at radius 1 is 0.265 bits per heavy atom. The van der Waals surface area contributed by atoms with Crippen LogP contribution in [-0.2, 0) is 0 Å². The third-order valence-corrected chi connectivity index (χ3v) is 9.64. The van der Waals surface area contributed by atoms with Crippen molar-refractivity contribution in [3.8, 4) is 33.4 Å². The molecule has 0 radical (unpaired) electrons. The maximum atomic E-state index is 2.40. The van der Waals surface area contributed by atoms with Gasteiger partial charge in [-0.1, -0.05) is 164 Å². The molecule has 9 rings (SSSR count). The zero-order chi connectivity index (χ0) is 32.6. The standard InChI is InChI=1S/C48H33N/c1-2-12-34(13-3-1)45-24-10-17-37-26-27-40(33-47(37)45)39-19-8-20-42(32-39)49(48-25-11-18-36-15-5-7-22-46(36)48)41-30-28-38(29-31-41)44-23-9-16-35-14-4-6-21-43(35)44/h1-33H. The number of anilines is 3. The van der Waals surface area contributed by atoms with E-state index in [1.807, 2.05) is 0 Å². The zero-order valence-corrected chi connectivity index (χ0v) is 27.0. The molecule has 0 N–H and O–H groups in total. The molecule has 0 fully saturated rings. The number of hydrogen-bond acceptors (Lipinski definition) is 1. The van der Waals surface area contributed by atoms with Crippen molar-refractivity contribution in [3.63, 3.8) is 0 Å². The minimum Gasteiger partial charge on any atom is -0.310 e. The summed E-state index contributed by atoms with van der Waals surface area (Å²) in [7, 11) is 0. The average molecular weight is 624 g/mol. The second-order valence-electron chi connectivity index (χ2n) is 12.6. The summed E-state index contributed by atoms with van der Waals surface area (Å²) < 4.78 is 0. The largest absolute Gasteiger partial charge is 0.310 e. The Hall–Kier alpha value is -6.44. The summed E-state index contributed by atoms with van der Waals surface area (Å²) in [6, 6.07) is 72.5. The molecule has 9 aromatic carbocycles. The van der Waals surface area contributed by atoms with Gasteiger partial charge in [0.15, 0.2) is 0 Å². The lowest BCUT2D eigenvalue weighted by Gasteiger charge is -2.27. The minimum atomic E-state index is 1.11. The van der Waals surface area contributed by atoms with Gasteiger partial charge in [0.2, 0.25) is 0 Å². The first kappa shape index (κ1) is 28.8. The molecule has 0 saturated carbocycles. The second kappa shape index (κ2) is 12.3. The molecule has 0 aliphatic heterocycles. The van der Waals surface area contributed by atoms with Crippen LogP contribution in [0.2, 0.25) is 0 Å². The third kappa shape index (κ3) is 5.32. The van der Waals surface area contributed by atoms with Gasteiger partial charge >= 0.3 is 0 Å². The van der Waals surface area contributed by atoms with Crippen LogP contribution in [0.3, 0.4) is 0 Å². The molecule has 0 aliphatic carbocycles. The Kier molecular flexibility index (Phi) is 7.22. The van der Waals surface area contributed by atoms with Crippen molar-refractivity contribution in [1.29, 1.82) is 0 Å². The first-order valence-corrected chi connectivity index (χ1v) is 16.8. The molecular formula is C48H33N. The number of nitrogens with zero attached hydrogens (tertiary/aromatic N) is 1. The maximum absolute atomic E-state index is 2.40. The van der Waals surface area contributed by atoms with Crippen molar-refractivity contribution in [1.82, 2.24) is 0 Å². The maximum Gasteiger partial charge on any atom is 0.0540 e. The lowest BCUT2D eigenvalue weighted by Crippen LogP contribution is -2.10. The molecule has 230 valence electrons. The van der Waals surface area contributed by atoms with E-state index in [4.69, 9.17) is 0 Å². The van der Waals surface area contributed by atoms with Gasteiger partial charge in [-0.05, 0) is 96.7 Å². The van der Waals surface area contributed by atoms with Crippen LogP contribution < -0.4 is 4.90 Å². The van der Waals surface area contributed by atoms with E-state index in [1.165, 1.54) is 65.7 Å². The summed E-state index contributed by atoms with van der Waals surface area (Å²) in [6.45, 7) is 0. The van der Waals surface area contributed by atoms with Gasteiger partial charge in [0.1, 0.15) is 0 Å². The number of hydrogen-bond donors (Lipinski definition) is 0. The fourth-order valence-corrected chi connectivity index (χ4v) is 7.24. The van der Waals surface area contributed by atoms with Crippen LogP contribution in [0.1, 0.15) is 0 Å². The van der Waals surface area contributed by atoms with E-state index in [-0.39, 0.29) is 0 Å². The van der Waals surface area contributed by atoms with Crippen molar-refractivity contribution >= 4 is 49.4 Å². The molecule has 0 atom stereocenters. The Balaban J connectivity index is 1.18. The second-order valence-corrected chi connectivity index (χ2v) is 12.6. The number of rotatable bonds is 6. The summed E-state index contributed by atoms with van der Waals surface area (Å²) in [5.74, 6) is 0. The zero-order valence-electron chi connectivity index (χ0n) is 27.0. The number of fused-ring (bicyclic) bond motifs is 3. The molecule has 0 bridgehead atoms. The summed E-state index contributed by atoms with van der Waals surface area (Å²) in [5.41, 5.74) is 10.7. The highest BCUT2D eigenvalue weighted by Crippen LogP contribution is 2.42. The van der Waals surface area contributed by atoms with Gasteiger partial charge in [-0.2, -0.15) is 0 Å². The molecule has 1 heteroatoms. The van der Waals surface area contributed by atoms with Crippen LogP contribution in [0.4, 0.5) is 17.1 Å². The molecule has 0 saturated heterocycles. The molecule has 49 heavy (non-hydrogen) atoms. The summed E-state index contributed by atoms with van der Waals surface area (Å²) in [6.07, 6.45) is 0. The SMILES string of the molecule is c1ccc(-c2cccc3ccc(-c4cccc(N(c5ccc(-c6cccc7ccccc67)cc5)c5cccc6ccccc56)c4)cc23)cc1. The molecule has 0 aliphatic rings. The lowest BCUT2D eigenvalue weighted by molar-refractivity contribution is 1.30. The van der Waals surface area contributed by atoms with Gasteiger partial charge in [-0.25, -0.2) is 0 Å². The van der Waals surface area contributed by atoms with Gasteiger partial charge in [-0.15, -0.1) is 0 Å². The minimum absolute atomic E-state index is 1.11. The Morgan fingerprint density at radius 3 is 1.55 bits per heavy atom. The van der Waals surface area contributed by atoms with Gasteiger partial charge in [0.05, 0.1) is 5.69 Å². The predicted octanol–water partition coefficient (Wildman–Crippen LogP) is 13.6. The Labute approximate surface area is 287 Å². The Bertz CT molecular complexity index is 2590. The third-order valence-electron chi connectivity index (χ3n) is 9.64. The van der Waals surface area contributed by atoms with E-state index in [9.17, 15) is 0 Å². The van der Waals surface area contributed by atoms with E-state index in [2.05, 4.69) is 205 Å². The smallest absolute Gasteiger partial charge is 0.0540 e. The van der Waals surface area contributed by atoms with Crippen molar-refractivity contribution in [3.05, 3.63) is 200 Å². The van der Waals surface area contributed by atoms with Crippen LogP contribution in [0.25, 0.3) is 65.7 Å². The van der Waals surface area contributed by atoms with Gasteiger partial charge in [-0.3, -0.25) is 0 Å². The van der Waals surface area contributed by atoms with Gasteiger partial charge in [0.25, 0.3) is 0 Å².